The lowest BCUT2D eigenvalue weighted by Gasteiger charge is -1.96. The van der Waals surface area contributed by atoms with Crippen molar-refractivity contribution in [3.8, 4) is 0 Å². The van der Waals surface area contributed by atoms with Crippen LogP contribution in [0.5, 0.6) is 0 Å². The van der Waals surface area contributed by atoms with E-state index in [4.69, 9.17) is 4.89 Å². The second kappa shape index (κ2) is 5.25. The summed E-state index contributed by atoms with van der Waals surface area (Å²) >= 11 is 0. The molecule has 0 aliphatic heterocycles. The summed E-state index contributed by atoms with van der Waals surface area (Å²) < 4.78 is 14.0. The van der Waals surface area contributed by atoms with E-state index in [9.17, 15) is 4.57 Å². The van der Waals surface area contributed by atoms with Crippen LogP contribution in [-0.2, 0) is 9.09 Å². The normalized spacial score (nSPS) is 15.6. The van der Waals surface area contributed by atoms with E-state index in [2.05, 4.69) is 10.3 Å². The Morgan fingerprint density at radius 2 is 1.75 bits per heavy atom. The zero-order valence-electron chi connectivity index (χ0n) is 5.29. The van der Waals surface area contributed by atoms with Crippen LogP contribution < -0.4 is 5.73 Å². The third-order valence-electron chi connectivity index (χ3n) is 0.339. The Morgan fingerprint density at radius 1 is 1.62 bits per heavy atom. The van der Waals surface area contributed by atoms with Crippen molar-refractivity contribution in [2.24, 2.45) is 5.73 Å². The van der Waals surface area contributed by atoms with E-state index >= 15 is 0 Å². The van der Waals surface area contributed by atoms with Gasteiger partial charge >= 0.3 is 7.60 Å². The quantitative estimate of drug-likeness (QED) is 0.505. The lowest BCUT2D eigenvalue weighted by molar-refractivity contribution is 0.322. The molecule has 0 aromatic carbocycles. The second-order valence-electron chi connectivity index (χ2n) is 0.986. The Hall–Kier alpha value is 0.110. The first-order chi connectivity index (χ1) is 3.56. The topological polar surface area (TPSA) is 72.5 Å². The van der Waals surface area contributed by atoms with E-state index in [1.807, 2.05) is 0 Å². The number of nitrogens with two attached hydrogens (primary N) is 1. The minimum atomic E-state index is -3.15. The van der Waals surface area contributed by atoms with Gasteiger partial charge in [-0.15, -0.1) is 0 Å². The Bertz CT molecular complexity index is 78.6. The van der Waals surface area contributed by atoms with Crippen LogP contribution >= 0.6 is 7.60 Å². The van der Waals surface area contributed by atoms with Crippen molar-refractivity contribution in [1.82, 2.24) is 0 Å². The molecule has 0 spiro atoms. The molecule has 1 unspecified atom stereocenters. The fraction of sp³-hybridized carbons (Fsp3) is 1.00. The van der Waals surface area contributed by atoms with Gasteiger partial charge in [-0.3, -0.25) is 4.57 Å². The summed E-state index contributed by atoms with van der Waals surface area (Å²) in [4.78, 5) is 8.16. The molecule has 0 saturated heterocycles. The third-order valence-corrected chi connectivity index (χ3v) is 1.02. The molecule has 4 nitrogen and oxygen atoms in total. The van der Waals surface area contributed by atoms with Crippen molar-refractivity contribution in [2.45, 2.75) is 0 Å². The molecule has 0 aliphatic carbocycles. The Morgan fingerprint density at radius 3 is 1.75 bits per heavy atom. The van der Waals surface area contributed by atoms with Crippen molar-refractivity contribution >= 4 is 7.60 Å². The van der Waals surface area contributed by atoms with Gasteiger partial charge in [0.1, 0.15) is 0 Å². The highest BCUT2D eigenvalue weighted by Gasteiger charge is 2.02. The molecule has 0 fully saturated rings. The van der Waals surface area contributed by atoms with Crippen molar-refractivity contribution < 1.29 is 14.0 Å². The molecule has 52 valence electrons. The Kier molecular flexibility index (Phi) is 7.21. The average Bonchev–Trinajstić information content (AvgIpc) is 1.71. The van der Waals surface area contributed by atoms with Gasteiger partial charge in [0.15, 0.2) is 0 Å². The molecule has 0 saturated carbocycles. The van der Waals surface area contributed by atoms with E-state index < -0.39 is 7.60 Å². The van der Waals surface area contributed by atoms with Gasteiger partial charge in [-0.25, -0.2) is 0 Å². The van der Waals surface area contributed by atoms with Gasteiger partial charge in [0, 0.05) is 13.8 Å². The minimum Gasteiger partial charge on any atom is -0.333 e. The van der Waals surface area contributed by atoms with Crippen molar-refractivity contribution in [3.05, 3.63) is 0 Å². The smallest absolute Gasteiger partial charge is 0.324 e. The summed E-state index contributed by atoms with van der Waals surface area (Å²) in [5, 5.41) is 0. The first-order valence-electron chi connectivity index (χ1n) is 2.00. The molecular formula is C3H12NO3P. The fourth-order valence-corrected chi connectivity index (χ4v) is 0. The SMILES string of the molecule is CN.COP(C)(=O)O. The van der Waals surface area contributed by atoms with Crippen molar-refractivity contribution in [1.29, 1.82) is 0 Å². The second-order valence-corrected chi connectivity index (χ2v) is 2.96. The van der Waals surface area contributed by atoms with Gasteiger partial charge in [-0.1, -0.05) is 0 Å². The molecular weight excluding hydrogens is 129 g/mol. The van der Waals surface area contributed by atoms with Gasteiger partial charge in [0.05, 0.1) is 0 Å². The van der Waals surface area contributed by atoms with E-state index in [0.717, 1.165) is 6.66 Å². The highest BCUT2D eigenvalue weighted by Crippen LogP contribution is 2.34. The summed E-state index contributed by atoms with van der Waals surface area (Å²) in [6.07, 6.45) is 0. The lowest BCUT2D eigenvalue weighted by Crippen LogP contribution is -1.75. The molecule has 0 rings (SSSR count). The number of rotatable bonds is 1. The van der Waals surface area contributed by atoms with Crippen LogP contribution in [0.2, 0.25) is 0 Å². The predicted octanol–water partition coefficient (Wildman–Crippen LogP) is 0.0229. The standard InChI is InChI=1S/C2H7O3P.CH5N/c1-5-6(2,3)4;1-2/h1-2H3,(H,3,4);2H2,1H3. The highest BCUT2D eigenvalue weighted by molar-refractivity contribution is 7.51. The lowest BCUT2D eigenvalue weighted by atomic mass is 11.6. The van der Waals surface area contributed by atoms with Crippen LogP contribution in [-0.4, -0.2) is 25.7 Å². The first-order valence-corrected chi connectivity index (χ1v) is 4.02. The van der Waals surface area contributed by atoms with Gasteiger partial charge in [0.25, 0.3) is 0 Å². The van der Waals surface area contributed by atoms with Crippen molar-refractivity contribution in [2.75, 3.05) is 20.8 Å². The van der Waals surface area contributed by atoms with Gasteiger partial charge in [-0.2, -0.15) is 0 Å². The number of hydrogen-bond donors (Lipinski definition) is 2. The van der Waals surface area contributed by atoms with Crippen molar-refractivity contribution in [3.63, 3.8) is 0 Å². The molecule has 0 amide bonds. The van der Waals surface area contributed by atoms with Crippen LogP contribution in [0.25, 0.3) is 0 Å². The Balaban J connectivity index is 0. The molecule has 8 heavy (non-hydrogen) atoms. The Labute approximate surface area is 49.2 Å². The van der Waals surface area contributed by atoms with Crippen LogP contribution in [0.15, 0.2) is 0 Å². The van der Waals surface area contributed by atoms with Gasteiger partial charge < -0.3 is 15.2 Å². The monoisotopic (exact) mass is 141 g/mol. The fourth-order valence-electron chi connectivity index (χ4n) is 0. The summed E-state index contributed by atoms with van der Waals surface area (Å²) in [6.45, 7) is 1.13. The van der Waals surface area contributed by atoms with Gasteiger partial charge in [0.2, 0.25) is 0 Å². The van der Waals surface area contributed by atoms with Crippen LogP contribution in [0.3, 0.4) is 0 Å². The predicted molar refractivity (Wildman–Crippen MR) is 32.9 cm³/mol. The van der Waals surface area contributed by atoms with E-state index in [-0.39, 0.29) is 0 Å². The molecule has 0 radical (unpaired) electrons. The van der Waals surface area contributed by atoms with Crippen LogP contribution in [0, 0.1) is 0 Å². The van der Waals surface area contributed by atoms with E-state index in [0.29, 0.717) is 0 Å². The molecule has 0 heterocycles. The molecule has 0 aromatic rings. The molecule has 0 aliphatic rings. The van der Waals surface area contributed by atoms with Crippen LogP contribution in [0.1, 0.15) is 0 Å². The van der Waals surface area contributed by atoms with E-state index in [1.165, 1.54) is 14.2 Å². The summed E-state index contributed by atoms with van der Waals surface area (Å²) in [7, 11) is -0.451. The summed E-state index contributed by atoms with van der Waals surface area (Å²) in [5.41, 5.74) is 4.50. The first kappa shape index (κ1) is 11.0. The van der Waals surface area contributed by atoms with E-state index in [1.54, 1.807) is 0 Å². The largest absolute Gasteiger partial charge is 0.333 e. The minimum absolute atomic E-state index is 1.13. The molecule has 1 atom stereocenters. The molecule has 0 aromatic heterocycles. The molecule has 5 heteroatoms. The maximum atomic E-state index is 9.92. The molecule has 0 bridgehead atoms. The number of hydrogen-bond acceptors (Lipinski definition) is 3. The van der Waals surface area contributed by atoms with Gasteiger partial charge in [-0.05, 0) is 7.05 Å². The zero-order chi connectivity index (χ0) is 7.21. The maximum absolute atomic E-state index is 9.92. The average molecular weight is 141 g/mol. The van der Waals surface area contributed by atoms with Crippen LogP contribution in [0.4, 0.5) is 0 Å². The third kappa shape index (κ3) is 16.5. The highest BCUT2D eigenvalue weighted by atomic mass is 31.2. The summed E-state index contributed by atoms with van der Waals surface area (Å²) in [6, 6.07) is 0. The summed E-state index contributed by atoms with van der Waals surface area (Å²) in [5.74, 6) is 0. The molecule has 3 N–H and O–H groups in total. The zero-order valence-corrected chi connectivity index (χ0v) is 6.18. The maximum Gasteiger partial charge on any atom is 0.324 e.